The van der Waals surface area contributed by atoms with Gasteiger partial charge in [0.25, 0.3) is 0 Å². The highest BCUT2D eigenvalue weighted by Gasteiger charge is 2.26. The fraction of sp³-hybridized carbons (Fsp3) is 0.500. The van der Waals surface area contributed by atoms with E-state index in [1.54, 1.807) is 0 Å². The van der Waals surface area contributed by atoms with Crippen molar-refractivity contribution >= 4 is 22.6 Å². The minimum Gasteiger partial charge on any atom is -0.367 e. The number of rotatable bonds is 4. The molecule has 0 fully saturated rings. The normalized spacial score (nSPS) is 15.5. The van der Waals surface area contributed by atoms with Crippen LogP contribution in [0.4, 0.5) is 0 Å². The molecule has 0 aliphatic carbocycles. The molecule has 1 rings (SSSR count). The quantitative estimate of drug-likeness (QED) is 0.608. The molecule has 0 radical (unpaired) electrons. The predicted octanol–water partition coefficient (Wildman–Crippen LogP) is 3.76. The zero-order chi connectivity index (χ0) is 10.6. The summed E-state index contributed by atoms with van der Waals surface area (Å²) in [6.07, 6.45) is 0.259. The van der Waals surface area contributed by atoms with Gasteiger partial charge in [0, 0.05) is 4.43 Å². The summed E-state index contributed by atoms with van der Waals surface area (Å²) in [4.78, 5) is 0. The summed E-state index contributed by atoms with van der Waals surface area (Å²) < 4.78 is 6.93. The third kappa shape index (κ3) is 2.95. The maximum Gasteiger partial charge on any atom is 0.0995 e. The second-order valence-electron chi connectivity index (χ2n) is 3.90. The molecule has 0 saturated heterocycles. The van der Waals surface area contributed by atoms with E-state index in [0.717, 1.165) is 4.43 Å². The molecule has 1 unspecified atom stereocenters. The molecule has 2 heteroatoms. The Morgan fingerprint density at radius 2 is 1.86 bits per heavy atom. The summed E-state index contributed by atoms with van der Waals surface area (Å²) in [6, 6.07) is 10.4. The van der Waals surface area contributed by atoms with Crippen LogP contribution < -0.4 is 0 Å². The van der Waals surface area contributed by atoms with Gasteiger partial charge in [-0.3, -0.25) is 0 Å². The van der Waals surface area contributed by atoms with Gasteiger partial charge < -0.3 is 4.74 Å². The van der Waals surface area contributed by atoms with Crippen molar-refractivity contribution in [3.05, 3.63) is 35.9 Å². The molecule has 1 aromatic carbocycles. The van der Waals surface area contributed by atoms with Gasteiger partial charge >= 0.3 is 0 Å². The summed E-state index contributed by atoms with van der Waals surface area (Å²) >= 11 is 2.38. The topological polar surface area (TPSA) is 9.23 Å². The standard InChI is InChI=1S/C12H17IO/c1-10(2)14-12(3,9-13)11-7-5-4-6-8-11/h4-8,10H,9H2,1-3H3. The molecule has 0 saturated carbocycles. The van der Waals surface area contributed by atoms with Gasteiger partial charge in [0.2, 0.25) is 0 Å². The molecule has 14 heavy (non-hydrogen) atoms. The Morgan fingerprint density at radius 3 is 2.29 bits per heavy atom. The molecule has 0 aromatic heterocycles. The van der Waals surface area contributed by atoms with Crippen LogP contribution in [0.3, 0.4) is 0 Å². The zero-order valence-corrected chi connectivity index (χ0v) is 11.1. The third-order valence-electron chi connectivity index (χ3n) is 2.14. The minimum atomic E-state index is -0.157. The first kappa shape index (κ1) is 12.0. The summed E-state index contributed by atoms with van der Waals surface area (Å²) in [7, 11) is 0. The molecule has 0 aliphatic rings. The van der Waals surface area contributed by atoms with E-state index in [9.17, 15) is 0 Å². The van der Waals surface area contributed by atoms with Gasteiger partial charge in [0.05, 0.1) is 11.7 Å². The van der Waals surface area contributed by atoms with Crippen LogP contribution in [0, 0.1) is 0 Å². The number of benzene rings is 1. The molecule has 0 bridgehead atoms. The summed E-state index contributed by atoms with van der Waals surface area (Å²) in [5.41, 5.74) is 1.10. The van der Waals surface area contributed by atoms with Crippen LogP contribution in [0.25, 0.3) is 0 Å². The van der Waals surface area contributed by atoms with Gasteiger partial charge in [0.15, 0.2) is 0 Å². The van der Waals surface area contributed by atoms with Crippen molar-refractivity contribution < 1.29 is 4.74 Å². The van der Waals surface area contributed by atoms with Crippen molar-refractivity contribution in [2.45, 2.75) is 32.5 Å². The molecule has 1 aromatic rings. The molecule has 0 aliphatic heterocycles. The summed E-state index contributed by atoms with van der Waals surface area (Å²) in [6.45, 7) is 6.30. The zero-order valence-electron chi connectivity index (χ0n) is 8.96. The largest absolute Gasteiger partial charge is 0.367 e. The Balaban J connectivity index is 2.90. The number of halogens is 1. The predicted molar refractivity (Wildman–Crippen MR) is 68.9 cm³/mol. The first-order chi connectivity index (χ1) is 6.58. The Kier molecular flexibility index (Phi) is 4.38. The average Bonchev–Trinajstić information content (AvgIpc) is 2.18. The minimum absolute atomic E-state index is 0.157. The Morgan fingerprint density at radius 1 is 1.29 bits per heavy atom. The second-order valence-corrected chi connectivity index (χ2v) is 4.66. The highest BCUT2D eigenvalue weighted by Crippen LogP contribution is 2.28. The van der Waals surface area contributed by atoms with E-state index in [-0.39, 0.29) is 11.7 Å². The van der Waals surface area contributed by atoms with E-state index in [1.807, 2.05) is 6.07 Å². The number of hydrogen-bond donors (Lipinski definition) is 0. The lowest BCUT2D eigenvalue weighted by atomic mass is 9.98. The molecule has 0 N–H and O–H groups in total. The van der Waals surface area contributed by atoms with Crippen LogP contribution in [0.15, 0.2) is 30.3 Å². The smallest absolute Gasteiger partial charge is 0.0995 e. The highest BCUT2D eigenvalue weighted by molar-refractivity contribution is 14.1. The van der Waals surface area contributed by atoms with E-state index < -0.39 is 0 Å². The molecule has 0 heterocycles. The van der Waals surface area contributed by atoms with Gasteiger partial charge in [-0.2, -0.15) is 0 Å². The molecule has 78 valence electrons. The molecule has 0 amide bonds. The van der Waals surface area contributed by atoms with Crippen molar-refractivity contribution in [2.24, 2.45) is 0 Å². The lowest BCUT2D eigenvalue weighted by Gasteiger charge is -2.30. The third-order valence-corrected chi connectivity index (χ3v) is 3.59. The van der Waals surface area contributed by atoms with Gasteiger partial charge in [-0.1, -0.05) is 52.9 Å². The maximum absolute atomic E-state index is 5.97. The van der Waals surface area contributed by atoms with Gasteiger partial charge in [-0.05, 0) is 26.3 Å². The van der Waals surface area contributed by atoms with Crippen molar-refractivity contribution in [2.75, 3.05) is 4.43 Å². The highest BCUT2D eigenvalue weighted by atomic mass is 127. The molecule has 1 atom stereocenters. The first-order valence-corrected chi connectivity index (χ1v) is 6.40. The fourth-order valence-electron chi connectivity index (χ4n) is 1.49. The van der Waals surface area contributed by atoms with Gasteiger partial charge in [0.1, 0.15) is 0 Å². The van der Waals surface area contributed by atoms with Crippen molar-refractivity contribution in [1.82, 2.24) is 0 Å². The lowest BCUT2D eigenvalue weighted by molar-refractivity contribution is -0.0544. The first-order valence-electron chi connectivity index (χ1n) is 4.88. The molecule has 1 nitrogen and oxygen atoms in total. The molecule has 0 spiro atoms. The van der Waals surface area contributed by atoms with E-state index in [0.29, 0.717) is 0 Å². The van der Waals surface area contributed by atoms with E-state index in [1.165, 1.54) is 5.56 Å². The van der Waals surface area contributed by atoms with E-state index >= 15 is 0 Å². The SMILES string of the molecule is CC(C)OC(C)(CI)c1ccccc1. The van der Waals surface area contributed by atoms with Crippen LogP contribution in [0.2, 0.25) is 0 Å². The van der Waals surface area contributed by atoms with Crippen LogP contribution >= 0.6 is 22.6 Å². The van der Waals surface area contributed by atoms with Crippen molar-refractivity contribution in [3.63, 3.8) is 0 Å². The average molecular weight is 304 g/mol. The van der Waals surface area contributed by atoms with E-state index in [4.69, 9.17) is 4.74 Å². The second kappa shape index (κ2) is 5.12. The van der Waals surface area contributed by atoms with E-state index in [2.05, 4.69) is 67.6 Å². The van der Waals surface area contributed by atoms with Crippen LogP contribution in [0.5, 0.6) is 0 Å². The molecular formula is C12H17IO. The van der Waals surface area contributed by atoms with Crippen LogP contribution in [0.1, 0.15) is 26.3 Å². The maximum atomic E-state index is 5.97. The number of hydrogen-bond acceptors (Lipinski definition) is 1. The van der Waals surface area contributed by atoms with Crippen LogP contribution in [-0.2, 0) is 10.3 Å². The monoisotopic (exact) mass is 304 g/mol. The van der Waals surface area contributed by atoms with Crippen molar-refractivity contribution in [1.29, 1.82) is 0 Å². The molecular weight excluding hydrogens is 287 g/mol. The number of alkyl halides is 1. The fourth-order valence-corrected chi connectivity index (χ4v) is 2.11. The Labute approximate surface area is 100.0 Å². The van der Waals surface area contributed by atoms with Gasteiger partial charge in [-0.15, -0.1) is 0 Å². The lowest BCUT2D eigenvalue weighted by Crippen LogP contribution is -2.30. The summed E-state index contributed by atoms with van der Waals surface area (Å²) in [5, 5.41) is 0. The Bertz CT molecular complexity index is 271. The van der Waals surface area contributed by atoms with Crippen LogP contribution in [-0.4, -0.2) is 10.5 Å². The van der Waals surface area contributed by atoms with Gasteiger partial charge in [-0.25, -0.2) is 0 Å². The van der Waals surface area contributed by atoms with Crippen molar-refractivity contribution in [3.8, 4) is 0 Å². The number of ether oxygens (including phenoxy) is 1. The Hall–Kier alpha value is -0.0900. The summed E-state index contributed by atoms with van der Waals surface area (Å²) in [5.74, 6) is 0.